The molecule has 0 fully saturated rings. The van der Waals surface area contributed by atoms with Crippen molar-refractivity contribution in [2.45, 2.75) is 0 Å². The van der Waals surface area contributed by atoms with Gasteiger partial charge in [0, 0.05) is 10.8 Å². The second kappa shape index (κ2) is 11.1. The van der Waals surface area contributed by atoms with Gasteiger partial charge in [0.25, 0.3) is 0 Å². The fourth-order valence-corrected chi connectivity index (χ4v) is 7.55. The lowest BCUT2D eigenvalue weighted by Crippen LogP contribution is -2.04. The maximum absolute atomic E-state index is 7.23. The van der Waals surface area contributed by atoms with Gasteiger partial charge in [-0.1, -0.05) is 146 Å². The Morgan fingerprint density at radius 1 is 0.265 bits per heavy atom. The molecular formula is C48H30O. The minimum absolute atomic E-state index is 0.883. The van der Waals surface area contributed by atoms with Crippen LogP contribution < -0.4 is 4.74 Å². The number of rotatable bonds is 6. The van der Waals surface area contributed by atoms with Gasteiger partial charge in [-0.05, 0) is 113 Å². The minimum Gasteiger partial charge on any atom is -0.456 e. The Morgan fingerprint density at radius 2 is 0.735 bits per heavy atom. The number of fused-ring (bicyclic) bond motifs is 6. The highest BCUT2D eigenvalue weighted by molar-refractivity contribution is 6.08. The number of hydrogen-bond donors (Lipinski definition) is 0. The standard InChI is InChI=1S/C48H30O/c1-5-13-31(14-6-1)35-21-23-39-41(25-35)47-43(39)27-37(33-17-9-3-10-18-33)29-45(47)49-46-30-38(34-19-11-4-12-20-34)28-44-40-24-22-36(26-42(40)48(44)46)32-15-7-2-8-16-32/h1-30H. The Labute approximate surface area is 285 Å². The predicted molar refractivity (Wildman–Crippen MR) is 201 cm³/mol. The maximum atomic E-state index is 7.23. The average molecular weight is 623 g/mol. The van der Waals surface area contributed by atoms with E-state index in [0.717, 1.165) is 22.6 Å². The third kappa shape index (κ3) is 4.55. The van der Waals surface area contributed by atoms with Crippen molar-refractivity contribution in [3.05, 3.63) is 203 Å². The monoisotopic (exact) mass is 622 g/mol. The fourth-order valence-electron chi connectivity index (χ4n) is 7.55. The summed E-state index contributed by atoms with van der Waals surface area (Å²) in [6, 6.07) is 65.2. The SMILES string of the molecule is c1ccc(-c2ccc3c(c2)-c2c(Oc4cc(-c5ccccc5)cc5c4=c4cc(-c6ccccc6)ccc4=5)cc(-c4ccccc4)cc2-3)cc1. The van der Waals surface area contributed by atoms with Crippen LogP contribution in [0, 0.1) is 20.9 Å². The van der Waals surface area contributed by atoms with Crippen LogP contribution in [0.4, 0.5) is 0 Å². The van der Waals surface area contributed by atoms with E-state index in [4.69, 9.17) is 4.74 Å². The molecule has 0 saturated carbocycles. The van der Waals surface area contributed by atoms with Crippen LogP contribution in [0.2, 0.25) is 0 Å². The van der Waals surface area contributed by atoms with E-state index in [1.165, 1.54) is 76.5 Å². The summed E-state index contributed by atoms with van der Waals surface area (Å²) in [4.78, 5) is 0. The highest BCUT2D eigenvalue weighted by atomic mass is 16.5. The summed E-state index contributed by atoms with van der Waals surface area (Å²) >= 11 is 0. The normalized spacial score (nSPS) is 11.7. The molecule has 8 aromatic rings. The van der Waals surface area contributed by atoms with Crippen molar-refractivity contribution in [1.29, 1.82) is 0 Å². The van der Waals surface area contributed by atoms with Crippen molar-refractivity contribution in [1.82, 2.24) is 0 Å². The van der Waals surface area contributed by atoms with Crippen LogP contribution in [0.5, 0.6) is 11.5 Å². The maximum Gasteiger partial charge on any atom is 0.136 e. The van der Waals surface area contributed by atoms with Crippen LogP contribution in [-0.4, -0.2) is 0 Å². The molecule has 1 heteroatoms. The summed E-state index contributed by atoms with van der Waals surface area (Å²) in [5.41, 5.74) is 14.4. The highest BCUT2D eigenvalue weighted by Gasteiger charge is 2.29. The van der Waals surface area contributed by atoms with Crippen molar-refractivity contribution in [3.8, 4) is 78.3 Å². The molecule has 0 bridgehead atoms. The Morgan fingerprint density at radius 3 is 1.35 bits per heavy atom. The van der Waals surface area contributed by atoms with E-state index >= 15 is 0 Å². The molecule has 0 heterocycles. The molecular weight excluding hydrogens is 593 g/mol. The molecule has 49 heavy (non-hydrogen) atoms. The minimum atomic E-state index is 0.883. The van der Waals surface area contributed by atoms with E-state index in [0.29, 0.717) is 0 Å². The molecule has 10 rings (SSSR count). The van der Waals surface area contributed by atoms with Gasteiger partial charge in [0.1, 0.15) is 11.5 Å². The Balaban J connectivity index is 1.19. The lowest BCUT2D eigenvalue weighted by molar-refractivity contribution is 0.480. The topological polar surface area (TPSA) is 9.23 Å². The molecule has 0 amide bonds. The van der Waals surface area contributed by atoms with Crippen molar-refractivity contribution >= 4 is 0 Å². The lowest BCUT2D eigenvalue weighted by Gasteiger charge is -2.29. The molecule has 0 atom stereocenters. The molecule has 0 spiro atoms. The summed E-state index contributed by atoms with van der Waals surface area (Å²) in [6.07, 6.45) is 0. The first-order chi connectivity index (χ1) is 24.3. The third-order valence-electron chi connectivity index (χ3n) is 10.0. The van der Waals surface area contributed by atoms with E-state index in [9.17, 15) is 0 Å². The van der Waals surface area contributed by atoms with Crippen LogP contribution in [0.1, 0.15) is 0 Å². The first-order valence-electron chi connectivity index (χ1n) is 16.8. The molecule has 2 aliphatic rings. The predicted octanol–water partition coefficient (Wildman–Crippen LogP) is 12.7. The fraction of sp³-hybridized carbons (Fsp3) is 0. The first-order valence-corrected chi connectivity index (χ1v) is 16.8. The molecule has 0 N–H and O–H groups in total. The summed E-state index contributed by atoms with van der Waals surface area (Å²) in [5, 5.41) is 4.90. The highest BCUT2D eigenvalue weighted by Crippen LogP contribution is 2.55. The molecule has 8 aromatic carbocycles. The van der Waals surface area contributed by atoms with Gasteiger partial charge in [0.2, 0.25) is 0 Å². The average Bonchev–Trinajstić information content (AvgIpc) is 3.16. The van der Waals surface area contributed by atoms with E-state index in [1.54, 1.807) is 0 Å². The second-order valence-electron chi connectivity index (χ2n) is 12.9. The zero-order chi connectivity index (χ0) is 32.3. The van der Waals surface area contributed by atoms with Gasteiger partial charge in [-0.25, -0.2) is 0 Å². The Kier molecular flexibility index (Phi) is 6.25. The van der Waals surface area contributed by atoms with Crippen LogP contribution in [-0.2, 0) is 0 Å². The zero-order valence-electron chi connectivity index (χ0n) is 26.7. The van der Waals surface area contributed by atoms with Crippen molar-refractivity contribution in [2.24, 2.45) is 0 Å². The van der Waals surface area contributed by atoms with Crippen LogP contribution in [0.25, 0.3) is 66.8 Å². The number of hydrogen-bond acceptors (Lipinski definition) is 1. The van der Waals surface area contributed by atoms with Gasteiger partial charge in [0.05, 0.1) is 0 Å². The molecule has 0 unspecified atom stereocenters. The molecule has 0 saturated heterocycles. The van der Waals surface area contributed by atoms with Crippen molar-refractivity contribution in [2.75, 3.05) is 0 Å². The molecule has 2 aliphatic carbocycles. The lowest BCUT2D eigenvalue weighted by atomic mass is 9.77. The summed E-state index contributed by atoms with van der Waals surface area (Å²) in [5.74, 6) is 1.77. The zero-order valence-corrected chi connectivity index (χ0v) is 26.7. The van der Waals surface area contributed by atoms with Gasteiger partial charge in [-0.3, -0.25) is 0 Å². The second-order valence-corrected chi connectivity index (χ2v) is 12.9. The number of benzene rings is 8. The number of ether oxygens (including phenoxy) is 1. The van der Waals surface area contributed by atoms with E-state index < -0.39 is 0 Å². The van der Waals surface area contributed by atoms with Gasteiger partial charge < -0.3 is 4.74 Å². The van der Waals surface area contributed by atoms with Gasteiger partial charge in [-0.2, -0.15) is 0 Å². The van der Waals surface area contributed by atoms with E-state index in [1.807, 2.05) is 0 Å². The van der Waals surface area contributed by atoms with Gasteiger partial charge in [-0.15, -0.1) is 0 Å². The smallest absolute Gasteiger partial charge is 0.136 e. The molecule has 0 aromatic heterocycles. The van der Waals surface area contributed by atoms with E-state index in [2.05, 4.69) is 182 Å². The van der Waals surface area contributed by atoms with Crippen molar-refractivity contribution < 1.29 is 4.74 Å². The van der Waals surface area contributed by atoms with Crippen LogP contribution in [0.15, 0.2) is 182 Å². The molecule has 0 radical (unpaired) electrons. The summed E-state index contributed by atoms with van der Waals surface area (Å²) in [6.45, 7) is 0. The quantitative estimate of drug-likeness (QED) is 0.179. The van der Waals surface area contributed by atoms with Crippen LogP contribution in [0.3, 0.4) is 0 Å². The van der Waals surface area contributed by atoms with E-state index in [-0.39, 0.29) is 0 Å². The third-order valence-corrected chi connectivity index (χ3v) is 10.0. The Bertz CT molecular complexity index is 2750. The molecule has 0 aliphatic heterocycles. The van der Waals surface area contributed by atoms with Gasteiger partial charge >= 0.3 is 0 Å². The first kappa shape index (κ1) is 27.7. The summed E-state index contributed by atoms with van der Waals surface area (Å²) in [7, 11) is 0. The largest absolute Gasteiger partial charge is 0.456 e. The summed E-state index contributed by atoms with van der Waals surface area (Å²) < 4.78 is 7.23. The molecule has 228 valence electrons. The van der Waals surface area contributed by atoms with Crippen LogP contribution >= 0.6 is 0 Å². The van der Waals surface area contributed by atoms with Gasteiger partial charge in [0.15, 0.2) is 0 Å². The Hall–Kier alpha value is -6.44. The molecule has 1 nitrogen and oxygen atoms in total. The van der Waals surface area contributed by atoms with Crippen molar-refractivity contribution in [3.63, 3.8) is 0 Å².